The smallest absolute Gasteiger partial charge is 0.245 e. The summed E-state index contributed by atoms with van der Waals surface area (Å²) in [5.74, 6) is 5.38. The van der Waals surface area contributed by atoms with Crippen LogP contribution in [0.3, 0.4) is 0 Å². The Morgan fingerprint density at radius 1 is 0.690 bits per heavy atom. The topological polar surface area (TPSA) is 95.2 Å². The van der Waals surface area contributed by atoms with Crippen molar-refractivity contribution in [1.82, 2.24) is 0 Å². The van der Waals surface area contributed by atoms with Crippen LogP contribution in [0.5, 0.6) is 0 Å². The van der Waals surface area contributed by atoms with E-state index in [1.807, 2.05) is 0 Å². The second-order valence-electron chi connectivity index (χ2n) is 7.60. The summed E-state index contributed by atoms with van der Waals surface area (Å²) in [7, 11) is -0.768. The van der Waals surface area contributed by atoms with Gasteiger partial charge in [-0.15, -0.1) is 23.9 Å². The molecule has 1 aromatic carbocycles. The first-order chi connectivity index (χ1) is 14.0. The van der Waals surface area contributed by atoms with Crippen molar-refractivity contribution in [2.45, 2.75) is 65.5 Å². The molecule has 1 rings (SSSR count). The quantitative estimate of drug-likeness (QED) is 0.317. The molecule has 0 amide bonds. The molecule has 0 aromatic heterocycles. The predicted molar refractivity (Wildman–Crippen MR) is 125 cm³/mol. The van der Waals surface area contributed by atoms with E-state index >= 15 is 0 Å². The van der Waals surface area contributed by atoms with Crippen molar-refractivity contribution in [2.24, 2.45) is 0 Å². The van der Waals surface area contributed by atoms with Gasteiger partial charge in [-0.1, -0.05) is 70.4 Å². The van der Waals surface area contributed by atoms with E-state index in [1.54, 1.807) is 5.56 Å². The lowest BCUT2D eigenvalue weighted by molar-refractivity contribution is 0.832. The molecular formula is C23H34BN4P. The van der Waals surface area contributed by atoms with Crippen LogP contribution >= 0.6 is 7.26 Å². The summed E-state index contributed by atoms with van der Waals surface area (Å²) in [6.45, 7) is 7.03. The number of nitriles is 4. The Kier molecular flexibility index (Phi) is 14.3. The number of nitrogens with zero attached hydrogens (tertiary/aromatic N) is 4. The minimum atomic E-state index is -2.72. The maximum Gasteiger partial charge on any atom is 0.383 e. The molecule has 154 valence electrons. The molecule has 0 aliphatic rings. The largest absolute Gasteiger partial charge is 0.383 e. The van der Waals surface area contributed by atoms with Crippen molar-refractivity contribution >= 4 is 13.4 Å². The average molecular weight is 408 g/mol. The fourth-order valence-corrected chi connectivity index (χ4v) is 8.29. The molecule has 6 heteroatoms. The zero-order chi connectivity index (χ0) is 22.0. The molecule has 0 bridgehead atoms. The third kappa shape index (κ3) is 10.1. The summed E-state index contributed by atoms with van der Waals surface area (Å²) in [4.78, 5) is 0. The highest BCUT2D eigenvalue weighted by Gasteiger charge is 2.35. The van der Waals surface area contributed by atoms with E-state index in [2.05, 4.69) is 51.1 Å². The van der Waals surface area contributed by atoms with Crippen molar-refractivity contribution in [1.29, 1.82) is 21.0 Å². The lowest BCUT2D eigenvalue weighted by atomic mass is 9.30. The van der Waals surface area contributed by atoms with Gasteiger partial charge in [0.25, 0.3) is 0 Å². The van der Waals surface area contributed by atoms with Crippen molar-refractivity contribution in [2.75, 3.05) is 18.5 Å². The highest BCUT2D eigenvalue weighted by molar-refractivity contribution is 7.75. The van der Waals surface area contributed by atoms with Gasteiger partial charge >= 0.3 is 6.15 Å². The minimum Gasteiger partial charge on any atom is -0.245 e. The lowest BCUT2D eigenvalue weighted by Crippen LogP contribution is -2.26. The first kappa shape index (κ1) is 26.7. The summed E-state index contributed by atoms with van der Waals surface area (Å²) in [5, 5.41) is 32.3. The summed E-state index contributed by atoms with van der Waals surface area (Å²) >= 11 is 0. The molecule has 0 aliphatic heterocycles. The summed E-state index contributed by atoms with van der Waals surface area (Å²) in [5.41, 5.74) is 1.59. The molecule has 0 saturated heterocycles. The van der Waals surface area contributed by atoms with E-state index in [-0.39, 0.29) is 0 Å². The van der Waals surface area contributed by atoms with Crippen LogP contribution in [0.1, 0.15) is 64.9 Å². The van der Waals surface area contributed by atoms with Crippen LogP contribution in [0, 0.1) is 44.9 Å². The van der Waals surface area contributed by atoms with Crippen molar-refractivity contribution < 1.29 is 0 Å². The van der Waals surface area contributed by atoms with E-state index in [1.165, 1.54) is 87.0 Å². The zero-order valence-corrected chi connectivity index (χ0v) is 19.2. The van der Waals surface area contributed by atoms with Crippen molar-refractivity contribution in [3.8, 4) is 23.9 Å². The summed E-state index contributed by atoms with van der Waals surface area (Å²) in [6.07, 6.45) is 11.6. The first-order valence-corrected chi connectivity index (χ1v) is 13.2. The molecule has 0 aliphatic carbocycles. The Morgan fingerprint density at radius 2 is 1.07 bits per heavy atom. The van der Waals surface area contributed by atoms with E-state index in [0.717, 1.165) is 0 Å². The van der Waals surface area contributed by atoms with Gasteiger partial charge in [-0.3, -0.25) is 0 Å². The van der Waals surface area contributed by atoms with Gasteiger partial charge in [-0.25, -0.2) is 21.0 Å². The highest BCUT2D eigenvalue weighted by atomic mass is 31.2. The Morgan fingerprint density at radius 3 is 1.34 bits per heavy atom. The molecule has 1 aromatic rings. The molecule has 0 fully saturated rings. The summed E-state index contributed by atoms with van der Waals surface area (Å²) in [6, 6.07) is 11.3. The van der Waals surface area contributed by atoms with Gasteiger partial charge < -0.3 is 0 Å². The Bertz CT molecular complexity index is 654. The normalized spacial score (nSPS) is 10.4. The second-order valence-corrected chi connectivity index (χ2v) is 11.9. The van der Waals surface area contributed by atoms with Crippen LogP contribution in [-0.4, -0.2) is 24.6 Å². The zero-order valence-electron chi connectivity index (χ0n) is 18.3. The van der Waals surface area contributed by atoms with E-state index in [9.17, 15) is 0 Å². The van der Waals surface area contributed by atoms with Crippen LogP contribution < -0.4 is 0 Å². The van der Waals surface area contributed by atoms with Crippen LogP contribution in [0.25, 0.3) is 0 Å². The van der Waals surface area contributed by atoms with Gasteiger partial charge in [0.2, 0.25) is 0 Å². The monoisotopic (exact) mass is 408 g/mol. The third-order valence-corrected chi connectivity index (χ3v) is 9.92. The summed E-state index contributed by atoms with van der Waals surface area (Å²) < 4.78 is 0. The predicted octanol–water partition coefficient (Wildman–Crippen LogP) is 6.29. The molecule has 0 saturated carbocycles. The molecule has 0 radical (unpaired) electrons. The van der Waals surface area contributed by atoms with Gasteiger partial charge in [-0.2, -0.15) is 0 Å². The van der Waals surface area contributed by atoms with E-state index in [0.29, 0.717) is 0 Å². The maximum absolute atomic E-state index is 8.09. The lowest BCUT2D eigenvalue weighted by Gasteiger charge is -2.28. The molecule has 0 heterocycles. The Labute approximate surface area is 178 Å². The van der Waals surface area contributed by atoms with Crippen LogP contribution in [0.4, 0.5) is 0 Å². The molecule has 4 nitrogen and oxygen atoms in total. The molecular weight excluding hydrogens is 374 g/mol. The third-order valence-electron chi connectivity index (χ3n) is 5.09. The second kappa shape index (κ2) is 15.6. The highest BCUT2D eigenvalue weighted by Crippen LogP contribution is 2.63. The van der Waals surface area contributed by atoms with Crippen molar-refractivity contribution in [3.05, 3.63) is 35.9 Å². The number of rotatable bonds is 11. The number of unbranched alkanes of at least 4 members (excludes halogenated alkanes) is 3. The molecule has 0 atom stereocenters. The Balaban J connectivity index is 0.000000734. The maximum atomic E-state index is 8.09. The number of hydrogen-bond donors (Lipinski definition) is 0. The standard InChI is InChI=1S/C19H34P.C4BN4/c1-4-7-15-20(16-8-5-2,17-9-6-3)18-19-13-11-10-12-14-19;6-1-5(2-7,3-8)4-9/h10-14H,4-9,15-18H2,1-3H3;/q+1;-1. The molecule has 0 unspecified atom stereocenters. The number of benzene rings is 1. The van der Waals surface area contributed by atoms with Crippen LogP contribution in [-0.2, 0) is 6.16 Å². The first-order valence-electron chi connectivity index (χ1n) is 10.7. The Hall–Kier alpha value is -2.33. The molecule has 0 spiro atoms. The SMILES string of the molecule is CCCC[P+](CCCC)(CCCC)Cc1ccccc1.N#C[B-](C#N)(C#N)C#N. The van der Waals surface area contributed by atoms with Gasteiger partial charge in [0.1, 0.15) is 0 Å². The fraction of sp³-hybridized carbons (Fsp3) is 0.565. The average Bonchev–Trinajstić information content (AvgIpc) is 2.78. The van der Waals surface area contributed by atoms with Gasteiger partial charge in [0.05, 0.1) is 24.6 Å². The molecule has 29 heavy (non-hydrogen) atoms. The van der Waals surface area contributed by atoms with Crippen LogP contribution in [0.2, 0.25) is 0 Å². The van der Waals surface area contributed by atoms with Crippen molar-refractivity contribution in [3.63, 3.8) is 0 Å². The van der Waals surface area contributed by atoms with Gasteiger partial charge in [-0.05, 0) is 24.8 Å². The molecule has 0 N–H and O–H groups in total. The van der Waals surface area contributed by atoms with Gasteiger partial charge in [0, 0.05) is 7.26 Å². The van der Waals surface area contributed by atoms with E-state index < -0.39 is 13.4 Å². The minimum absolute atomic E-state index is 0.768. The number of hydrogen-bond acceptors (Lipinski definition) is 4. The fourth-order valence-electron chi connectivity index (χ4n) is 3.20. The van der Waals surface area contributed by atoms with Crippen LogP contribution in [0.15, 0.2) is 30.3 Å². The van der Waals surface area contributed by atoms with Gasteiger partial charge in [0.15, 0.2) is 0 Å². The van der Waals surface area contributed by atoms with E-state index in [4.69, 9.17) is 21.0 Å².